The molecule has 0 saturated carbocycles. The predicted molar refractivity (Wildman–Crippen MR) is 136 cm³/mol. The number of nitrogens with one attached hydrogen (secondary N) is 3. The molecule has 1 aromatic carbocycles. The van der Waals surface area contributed by atoms with Crippen LogP contribution in [0.4, 0.5) is 0 Å². The highest BCUT2D eigenvalue weighted by molar-refractivity contribution is 5.94. The van der Waals surface area contributed by atoms with Crippen LogP contribution in [0.1, 0.15) is 51.5 Å². The number of aliphatic carboxylic acids is 2. The van der Waals surface area contributed by atoms with Gasteiger partial charge < -0.3 is 37.6 Å². The Hall–Kier alpha value is -3.51. The molecule has 12 nitrogen and oxygen atoms in total. The Balaban J connectivity index is 2.99. The number of hydrogen-bond donors (Lipinski definition) is 7. The Kier molecular flexibility index (Phi) is 13.9. The van der Waals surface area contributed by atoms with Gasteiger partial charge in [-0.05, 0) is 50.1 Å². The van der Waals surface area contributed by atoms with Crippen LogP contribution in [0.25, 0.3) is 0 Å². The lowest BCUT2D eigenvalue weighted by molar-refractivity contribution is -0.144. The first-order valence-corrected chi connectivity index (χ1v) is 12.3. The number of carboxylic acids is 2. The zero-order valence-corrected chi connectivity index (χ0v) is 21.3. The van der Waals surface area contributed by atoms with Crippen LogP contribution >= 0.6 is 0 Å². The summed E-state index contributed by atoms with van der Waals surface area (Å²) in [6, 6.07) is 4.59. The minimum atomic E-state index is -1.32. The van der Waals surface area contributed by atoms with Gasteiger partial charge in [-0.25, -0.2) is 4.79 Å². The normalized spacial score (nSPS) is 14.2. The molecule has 4 unspecified atom stereocenters. The lowest BCUT2D eigenvalue weighted by Crippen LogP contribution is -2.57. The molecule has 0 saturated heterocycles. The zero-order valence-electron chi connectivity index (χ0n) is 21.3. The van der Waals surface area contributed by atoms with E-state index in [0.717, 1.165) is 5.56 Å². The molecule has 0 radical (unpaired) electrons. The van der Waals surface area contributed by atoms with Crippen molar-refractivity contribution < 1.29 is 34.2 Å². The first-order chi connectivity index (χ1) is 17.5. The van der Waals surface area contributed by atoms with E-state index in [-0.39, 0.29) is 19.3 Å². The average Bonchev–Trinajstić information content (AvgIpc) is 2.84. The molecule has 12 heteroatoms. The SMILES string of the molecule is CC(C)C(NC(=O)C(CCC(=O)O)NC(=O)C(CCCCN)NC(=O)C(N)Cc1ccccc1)C(=O)O. The molecule has 3 amide bonds. The van der Waals surface area contributed by atoms with Crippen molar-refractivity contribution >= 4 is 29.7 Å². The van der Waals surface area contributed by atoms with Gasteiger partial charge in [-0.3, -0.25) is 19.2 Å². The van der Waals surface area contributed by atoms with Crippen LogP contribution in [-0.4, -0.2) is 70.6 Å². The van der Waals surface area contributed by atoms with Crippen LogP contribution in [0.5, 0.6) is 0 Å². The molecule has 0 aromatic heterocycles. The van der Waals surface area contributed by atoms with Crippen molar-refractivity contribution in [2.45, 2.75) is 76.5 Å². The van der Waals surface area contributed by atoms with Crippen LogP contribution < -0.4 is 27.4 Å². The van der Waals surface area contributed by atoms with Gasteiger partial charge in [-0.2, -0.15) is 0 Å². The van der Waals surface area contributed by atoms with Crippen molar-refractivity contribution in [2.24, 2.45) is 17.4 Å². The monoisotopic (exact) mass is 521 g/mol. The Bertz CT molecular complexity index is 910. The van der Waals surface area contributed by atoms with Gasteiger partial charge in [0.05, 0.1) is 6.04 Å². The maximum Gasteiger partial charge on any atom is 0.326 e. The Morgan fingerprint density at radius 3 is 1.95 bits per heavy atom. The molecular formula is C25H39N5O7. The lowest BCUT2D eigenvalue weighted by atomic mass is 10.0. The predicted octanol–water partition coefficient (Wildman–Crippen LogP) is -0.255. The topological polar surface area (TPSA) is 214 Å². The number of carboxylic acid groups (broad SMARTS) is 2. The van der Waals surface area contributed by atoms with E-state index >= 15 is 0 Å². The maximum atomic E-state index is 13.1. The van der Waals surface area contributed by atoms with Crippen molar-refractivity contribution in [3.63, 3.8) is 0 Å². The van der Waals surface area contributed by atoms with Crippen LogP contribution in [-0.2, 0) is 30.4 Å². The second-order valence-corrected chi connectivity index (χ2v) is 9.20. The van der Waals surface area contributed by atoms with Gasteiger partial charge in [0.2, 0.25) is 17.7 Å². The molecule has 4 atom stereocenters. The summed E-state index contributed by atoms with van der Waals surface area (Å²) in [6.07, 6.45) is 0.845. The van der Waals surface area contributed by atoms with E-state index in [1.807, 2.05) is 30.3 Å². The fourth-order valence-corrected chi connectivity index (χ4v) is 3.58. The van der Waals surface area contributed by atoms with E-state index in [4.69, 9.17) is 16.6 Å². The second kappa shape index (κ2) is 16.3. The fourth-order valence-electron chi connectivity index (χ4n) is 3.58. The largest absolute Gasteiger partial charge is 0.481 e. The van der Waals surface area contributed by atoms with E-state index in [0.29, 0.717) is 19.4 Å². The number of carbonyl (C=O) groups is 5. The third-order valence-corrected chi connectivity index (χ3v) is 5.73. The van der Waals surface area contributed by atoms with Crippen molar-refractivity contribution in [1.29, 1.82) is 0 Å². The Morgan fingerprint density at radius 2 is 1.41 bits per heavy atom. The molecule has 0 spiro atoms. The van der Waals surface area contributed by atoms with Crippen molar-refractivity contribution in [3.05, 3.63) is 35.9 Å². The molecule has 0 heterocycles. The third-order valence-electron chi connectivity index (χ3n) is 5.73. The van der Waals surface area contributed by atoms with Gasteiger partial charge >= 0.3 is 11.9 Å². The van der Waals surface area contributed by atoms with E-state index in [1.54, 1.807) is 13.8 Å². The molecular weight excluding hydrogens is 482 g/mol. The molecule has 0 bridgehead atoms. The van der Waals surface area contributed by atoms with Gasteiger partial charge in [0.25, 0.3) is 0 Å². The van der Waals surface area contributed by atoms with Gasteiger partial charge in [-0.15, -0.1) is 0 Å². The minimum absolute atomic E-state index is 0.212. The number of carbonyl (C=O) groups excluding carboxylic acids is 3. The number of nitrogens with two attached hydrogens (primary N) is 2. The molecule has 37 heavy (non-hydrogen) atoms. The average molecular weight is 522 g/mol. The van der Waals surface area contributed by atoms with Gasteiger partial charge in [0.15, 0.2) is 0 Å². The summed E-state index contributed by atoms with van der Waals surface area (Å²) in [7, 11) is 0. The quantitative estimate of drug-likeness (QED) is 0.134. The van der Waals surface area contributed by atoms with Crippen LogP contribution in [0.15, 0.2) is 30.3 Å². The first kappa shape index (κ1) is 31.5. The maximum absolute atomic E-state index is 13.1. The van der Waals surface area contributed by atoms with Gasteiger partial charge in [0, 0.05) is 6.42 Å². The third kappa shape index (κ3) is 11.8. The van der Waals surface area contributed by atoms with E-state index in [2.05, 4.69) is 16.0 Å². The first-order valence-electron chi connectivity index (χ1n) is 12.3. The van der Waals surface area contributed by atoms with Gasteiger partial charge in [0.1, 0.15) is 18.1 Å². The number of hydrogen-bond acceptors (Lipinski definition) is 7. The highest BCUT2D eigenvalue weighted by Crippen LogP contribution is 2.08. The van der Waals surface area contributed by atoms with Crippen molar-refractivity contribution in [1.82, 2.24) is 16.0 Å². The van der Waals surface area contributed by atoms with Gasteiger partial charge in [-0.1, -0.05) is 44.2 Å². The summed E-state index contributed by atoms with van der Waals surface area (Å²) in [5, 5.41) is 25.9. The molecule has 0 aliphatic carbocycles. The Morgan fingerprint density at radius 1 is 0.838 bits per heavy atom. The second-order valence-electron chi connectivity index (χ2n) is 9.20. The lowest BCUT2D eigenvalue weighted by Gasteiger charge is -2.26. The van der Waals surface area contributed by atoms with E-state index in [9.17, 15) is 29.1 Å². The number of benzene rings is 1. The molecule has 0 fully saturated rings. The van der Waals surface area contributed by atoms with Crippen LogP contribution in [0.3, 0.4) is 0 Å². The fraction of sp³-hybridized carbons (Fsp3) is 0.560. The summed E-state index contributed by atoms with van der Waals surface area (Å²) >= 11 is 0. The smallest absolute Gasteiger partial charge is 0.326 e. The number of unbranched alkanes of at least 4 members (excludes halogenated alkanes) is 1. The van der Waals surface area contributed by atoms with E-state index in [1.165, 1.54) is 0 Å². The Labute approximate surface area is 216 Å². The van der Waals surface area contributed by atoms with Crippen LogP contribution in [0.2, 0.25) is 0 Å². The highest BCUT2D eigenvalue weighted by atomic mass is 16.4. The summed E-state index contributed by atoms with van der Waals surface area (Å²) < 4.78 is 0. The van der Waals surface area contributed by atoms with Crippen molar-refractivity contribution in [2.75, 3.05) is 6.54 Å². The number of amides is 3. The standard InChI is InChI=1S/C25H39N5O7/c1-15(2)21(25(36)37)30-24(35)19(11-12-20(31)32)29-23(34)18(10-6-7-13-26)28-22(33)17(27)14-16-8-4-3-5-9-16/h3-5,8-9,15,17-19,21H,6-7,10-14,26-27H2,1-2H3,(H,28,33)(H,29,34)(H,30,35)(H,31,32)(H,36,37). The summed E-state index contributed by atoms with van der Waals surface area (Å²) in [6.45, 7) is 3.59. The minimum Gasteiger partial charge on any atom is -0.481 e. The summed E-state index contributed by atoms with van der Waals surface area (Å²) in [5.41, 5.74) is 12.4. The molecule has 0 aliphatic heterocycles. The molecule has 0 aliphatic rings. The molecule has 206 valence electrons. The summed E-state index contributed by atoms with van der Waals surface area (Å²) in [5.74, 6) is -5.00. The number of rotatable bonds is 17. The highest BCUT2D eigenvalue weighted by Gasteiger charge is 2.31. The molecule has 9 N–H and O–H groups in total. The summed E-state index contributed by atoms with van der Waals surface area (Å²) in [4.78, 5) is 61.3. The van der Waals surface area contributed by atoms with Crippen LogP contribution in [0, 0.1) is 5.92 Å². The molecule has 1 rings (SSSR count). The van der Waals surface area contributed by atoms with E-state index < -0.39 is 66.2 Å². The van der Waals surface area contributed by atoms with Crippen molar-refractivity contribution in [3.8, 4) is 0 Å². The zero-order chi connectivity index (χ0) is 28.0. The molecule has 1 aromatic rings.